The minimum absolute atomic E-state index is 0.0812. The molecule has 1 saturated carbocycles. The van der Waals surface area contributed by atoms with Gasteiger partial charge in [-0.1, -0.05) is 25.0 Å². The normalized spacial score (nSPS) is 16.6. The second kappa shape index (κ2) is 5.88. The summed E-state index contributed by atoms with van der Waals surface area (Å²) in [7, 11) is 0. The lowest BCUT2D eigenvalue weighted by molar-refractivity contribution is -0.120. The minimum atomic E-state index is -0.883. The number of carbonyl (C=O) groups is 1. The molecule has 0 radical (unpaired) electrons. The maximum atomic E-state index is 13.7. The monoisotopic (exact) mass is 303 g/mol. The van der Waals surface area contributed by atoms with Crippen molar-refractivity contribution < 1.29 is 14.3 Å². The molecule has 1 aliphatic carbocycles. The molecule has 0 saturated heterocycles. The van der Waals surface area contributed by atoms with Gasteiger partial charge in [0.05, 0.1) is 30.1 Å². The molecule has 1 amide bonds. The summed E-state index contributed by atoms with van der Waals surface area (Å²) in [6.45, 7) is 0. The van der Waals surface area contributed by atoms with Crippen molar-refractivity contribution in [3.63, 3.8) is 0 Å². The Bertz CT molecular complexity index is 678. The van der Waals surface area contributed by atoms with Crippen molar-refractivity contribution in [3.05, 3.63) is 42.5 Å². The van der Waals surface area contributed by atoms with E-state index in [4.69, 9.17) is 0 Å². The van der Waals surface area contributed by atoms with Crippen LogP contribution in [0.15, 0.2) is 36.7 Å². The second-order valence-electron chi connectivity index (χ2n) is 5.78. The van der Waals surface area contributed by atoms with Crippen molar-refractivity contribution in [3.8, 4) is 5.69 Å². The Balaban J connectivity index is 1.67. The SMILES string of the molecule is O=C(CC1(O)CCCC1)Nc1cnn(-c2ccccc2F)c1. The van der Waals surface area contributed by atoms with Crippen molar-refractivity contribution >= 4 is 11.6 Å². The number of nitrogens with zero attached hydrogens (tertiary/aromatic N) is 2. The first kappa shape index (κ1) is 14.7. The predicted octanol–water partition coefficient (Wildman–Crippen LogP) is 2.65. The summed E-state index contributed by atoms with van der Waals surface area (Å²) >= 11 is 0. The first-order valence-corrected chi connectivity index (χ1v) is 7.38. The summed E-state index contributed by atoms with van der Waals surface area (Å²) < 4.78 is 15.1. The van der Waals surface area contributed by atoms with E-state index in [9.17, 15) is 14.3 Å². The van der Waals surface area contributed by atoms with E-state index in [-0.39, 0.29) is 18.1 Å². The summed E-state index contributed by atoms with van der Waals surface area (Å²) in [6, 6.07) is 6.28. The fraction of sp³-hybridized carbons (Fsp3) is 0.375. The van der Waals surface area contributed by atoms with Gasteiger partial charge >= 0.3 is 0 Å². The number of amides is 1. The van der Waals surface area contributed by atoms with Crippen molar-refractivity contribution in [2.75, 3.05) is 5.32 Å². The van der Waals surface area contributed by atoms with Gasteiger partial charge in [-0.3, -0.25) is 4.79 Å². The van der Waals surface area contributed by atoms with Crippen molar-refractivity contribution in [2.24, 2.45) is 0 Å². The molecule has 0 bridgehead atoms. The van der Waals surface area contributed by atoms with Gasteiger partial charge in [-0.25, -0.2) is 9.07 Å². The third kappa shape index (κ3) is 3.17. The molecule has 6 heteroatoms. The lowest BCUT2D eigenvalue weighted by atomic mass is 9.98. The number of aromatic nitrogens is 2. The molecule has 116 valence electrons. The largest absolute Gasteiger partial charge is 0.389 e. The van der Waals surface area contributed by atoms with Crippen LogP contribution in [0.25, 0.3) is 5.69 Å². The lowest BCUT2D eigenvalue weighted by Gasteiger charge is -2.20. The molecule has 1 fully saturated rings. The van der Waals surface area contributed by atoms with Gasteiger partial charge in [0, 0.05) is 0 Å². The third-order valence-electron chi connectivity index (χ3n) is 3.99. The number of rotatable bonds is 4. The molecule has 0 atom stereocenters. The molecular weight excluding hydrogens is 285 g/mol. The Kier molecular flexibility index (Phi) is 3.94. The summed E-state index contributed by atoms with van der Waals surface area (Å²) in [5.41, 5.74) is -0.0849. The van der Waals surface area contributed by atoms with E-state index in [1.807, 2.05) is 0 Å². The second-order valence-corrected chi connectivity index (χ2v) is 5.78. The molecule has 0 aliphatic heterocycles. The lowest BCUT2D eigenvalue weighted by Crippen LogP contribution is -2.30. The number of carbonyl (C=O) groups excluding carboxylic acids is 1. The van der Waals surface area contributed by atoms with E-state index >= 15 is 0 Å². The number of halogens is 1. The number of anilines is 1. The van der Waals surface area contributed by atoms with Crippen LogP contribution in [0.3, 0.4) is 0 Å². The summed E-state index contributed by atoms with van der Waals surface area (Å²) in [5.74, 6) is -0.638. The highest BCUT2D eigenvalue weighted by Gasteiger charge is 2.33. The quantitative estimate of drug-likeness (QED) is 0.912. The van der Waals surface area contributed by atoms with E-state index in [1.54, 1.807) is 24.4 Å². The standard InChI is InChI=1S/C16H18FN3O2/c17-13-5-1-2-6-14(13)20-11-12(10-18-20)19-15(21)9-16(22)7-3-4-8-16/h1-2,5-6,10-11,22H,3-4,7-9H2,(H,19,21). The molecule has 2 N–H and O–H groups in total. The fourth-order valence-corrected chi connectivity index (χ4v) is 2.87. The molecule has 5 nitrogen and oxygen atoms in total. The molecular formula is C16H18FN3O2. The van der Waals surface area contributed by atoms with Crippen LogP contribution >= 0.6 is 0 Å². The zero-order chi connectivity index (χ0) is 15.6. The first-order chi connectivity index (χ1) is 10.6. The van der Waals surface area contributed by atoms with E-state index in [2.05, 4.69) is 10.4 Å². The number of benzene rings is 1. The third-order valence-corrected chi connectivity index (χ3v) is 3.99. The predicted molar refractivity (Wildman–Crippen MR) is 80.2 cm³/mol. The molecule has 1 aliphatic rings. The zero-order valence-corrected chi connectivity index (χ0v) is 12.1. The van der Waals surface area contributed by atoms with Gasteiger partial charge < -0.3 is 10.4 Å². The average molecular weight is 303 g/mol. The summed E-state index contributed by atoms with van der Waals surface area (Å²) in [6.07, 6.45) is 6.32. The molecule has 1 heterocycles. The number of hydrogen-bond donors (Lipinski definition) is 2. The van der Waals surface area contributed by atoms with E-state index in [1.165, 1.54) is 16.9 Å². The fourth-order valence-electron chi connectivity index (χ4n) is 2.87. The van der Waals surface area contributed by atoms with E-state index < -0.39 is 5.60 Å². The number of aliphatic hydroxyl groups is 1. The van der Waals surface area contributed by atoms with Gasteiger partial charge in [0.15, 0.2) is 0 Å². The highest BCUT2D eigenvalue weighted by atomic mass is 19.1. The van der Waals surface area contributed by atoms with Crippen LogP contribution in [0.4, 0.5) is 10.1 Å². The van der Waals surface area contributed by atoms with E-state index in [0.29, 0.717) is 24.2 Å². The Hall–Kier alpha value is -2.21. The zero-order valence-electron chi connectivity index (χ0n) is 12.1. The smallest absolute Gasteiger partial charge is 0.227 e. The maximum Gasteiger partial charge on any atom is 0.227 e. The molecule has 1 aromatic heterocycles. The average Bonchev–Trinajstić information content (AvgIpc) is 3.09. The van der Waals surface area contributed by atoms with Crippen LogP contribution in [-0.4, -0.2) is 26.4 Å². The summed E-state index contributed by atoms with van der Waals surface area (Å²) in [4.78, 5) is 12.0. The molecule has 0 spiro atoms. The number of nitrogens with one attached hydrogen (secondary N) is 1. The topological polar surface area (TPSA) is 67.2 Å². The molecule has 2 aromatic rings. The van der Waals surface area contributed by atoms with Gasteiger partial charge in [0.2, 0.25) is 5.91 Å². The Morgan fingerprint density at radius 3 is 2.82 bits per heavy atom. The highest BCUT2D eigenvalue weighted by Crippen LogP contribution is 2.32. The van der Waals surface area contributed by atoms with Gasteiger partial charge in [-0.2, -0.15) is 5.10 Å². The van der Waals surface area contributed by atoms with Crippen LogP contribution in [0.1, 0.15) is 32.1 Å². The minimum Gasteiger partial charge on any atom is -0.389 e. The molecule has 1 aromatic carbocycles. The Labute approximate surface area is 127 Å². The number of para-hydroxylation sites is 1. The number of hydrogen-bond acceptors (Lipinski definition) is 3. The molecule has 0 unspecified atom stereocenters. The molecule has 3 rings (SSSR count). The van der Waals surface area contributed by atoms with Crippen LogP contribution < -0.4 is 5.32 Å². The van der Waals surface area contributed by atoms with Gasteiger partial charge in [-0.15, -0.1) is 0 Å². The maximum absolute atomic E-state index is 13.7. The van der Waals surface area contributed by atoms with Gasteiger partial charge in [0.25, 0.3) is 0 Å². The van der Waals surface area contributed by atoms with Crippen LogP contribution in [-0.2, 0) is 4.79 Å². The summed E-state index contributed by atoms with van der Waals surface area (Å²) in [5, 5.41) is 17.0. The van der Waals surface area contributed by atoms with Gasteiger partial charge in [-0.05, 0) is 25.0 Å². The first-order valence-electron chi connectivity index (χ1n) is 7.38. The highest BCUT2D eigenvalue weighted by molar-refractivity contribution is 5.91. The Morgan fingerprint density at radius 2 is 2.09 bits per heavy atom. The van der Waals surface area contributed by atoms with Crippen molar-refractivity contribution in [2.45, 2.75) is 37.7 Å². The molecule has 22 heavy (non-hydrogen) atoms. The van der Waals surface area contributed by atoms with Gasteiger partial charge in [0.1, 0.15) is 11.5 Å². The van der Waals surface area contributed by atoms with Crippen molar-refractivity contribution in [1.82, 2.24) is 9.78 Å². The van der Waals surface area contributed by atoms with Crippen LogP contribution in [0, 0.1) is 5.82 Å². The van der Waals surface area contributed by atoms with Crippen LogP contribution in [0.5, 0.6) is 0 Å². The van der Waals surface area contributed by atoms with E-state index in [0.717, 1.165) is 12.8 Å². The van der Waals surface area contributed by atoms with Crippen LogP contribution in [0.2, 0.25) is 0 Å². The van der Waals surface area contributed by atoms with Crippen molar-refractivity contribution in [1.29, 1.82) is 0 Å². The Morgan fingerprint density at radius 1 is 1.36 bits per heavy atom.